The Labute approximate surface area is 135 Å². The summed E-state index contributed by atoms with van der Waals surface area (Å²) < 4.78 is 28.2. The Hall–Kier alpha value is 0.570. The van der Waals surface area contributed by atoms with Gasteiger partial charge in [0.25, 0.3) is 0 Å². The Bertz CT molecular complexity index is 538. The molecule has 1 heterocycles. The van der Waals surface area contributed by atoms with Gasteiger partial charge >= 0.3 is 0 Å². The summed E-state index contributed by atoms with van der Waals surface area (Å²) in [5.41, 5.74) is 0. The first-order valence-corrected chi connectivity index (χ1v) is 10.5. The zero-order chi connectivity index (χ0) is 14.0. The largest absolute Gasteiger partial charge is 0.244 e. The topological polar surface area (TPSA) is 37.4 Å². The van der Waals surface area contributed by atoms with Crippen LogP contribution in [0.3, 0.4) is 0 Å². The number of hydrogen-bond acceptors (Lipinski definition) is 3. The van der Waals surface area contributed by atoms with Crippen molar-refractivity contribution in [2.45, 2.75) is 43.5 Å². The second kappa shape index (κ2) is 6.56. The first-order chi connectivity index (χ1) is 8.96. The van der Waals surface area contributed by atoms with E-state index in [1.54, 1.807) is 10.4 Å². The Balaban J connectivity index is 2.30. The minimum absolute atomic E-state index is 0.196. The molecule has 1 aromatic heterocycles. The molecule has 0 spiro atoms. The maximum atomic E-state index is 12.8. The zero-order valence-electron chi connectivity index (χ0n) is 10.7. The molecule has 2 rings (SSSR count). The Morgan fingerprint density at radius 3 is 2.58 bits per heavy atom. The first-order valence-electron chi connectivity index (χ1n) is 6.30. The number of alkyl halides is 1. The molecule has 0 N–H and O–H groups in total. The van der Waals surface area contributed by atoms with Crippen LogP contribution in [0.25, 0.3) is 0 Å². The van der Waals surface area contributed by atoms with Gasteiger partial charge in [0, 0.05) is 22.8 Å². The average molecular weight is 431 g/mol. The Morgan fingerprint density at radius 2 is 2.16 bits per heavy atom. The monoisotopic (exact) mass is 429 g/mol. The normalized spacial score (nSPS) is 16.8. The predicted octanol–water partition coefficient (Wildman–Crippen LogP) is 4.15. The molecule has 7 heteroatoms. The molecule has 0 aromatic carbocycles. The molecule has 3 nitrogen and oxygen atoms in total. The molecule has 0 amide bonds. The molecule has 1 aliphatic rings. The summed E-state index contributed by atoms with van der Waals surface area (Å²) in [5.74, 6) is 0. The fourth-order valence-corrected chi connectivity index (χ4v) is 6.56. The molecule has 0 atom stereocenters. The van der Waals surface area contributed by atoms with Crippen LogP contribution >= 0.6 is 43.2 Å². The summed E-state index contributed by atoms with van der Waals surface area (Å²) in [6.07, 6.45) is 3.97. The lowest BCUT2D eigenvalue weighted by atomic mass is 9.93. The second-order valence-corrected chi connectivity index (χ2v) is 10.0. The van der Waals surface area contributed by atoms with Crippen LogP contribution in [0.5, 0.6) is 0 Å². The molecule has 1 aromatic rings. The van der Waals surface area contributed by atoms with Crippen molar-refractivity contribution in [1.29, 1.82) is 0 Å². The summed E-state index contributed by atoms with van der Waals surface area (Å²) in [6, 6.07) is 1.93. The third kappa shape index (κ3) is 3.43. The van der Waals surface area contributed by atoms with Gasteiger partial charge in [0.05, 0.1) is 8.68 Å². The van der Waals surface area contributed by atoms with E-state index >= 15 is 0 Å². The SMILES string of the molecule is Cc1sc(Br)cc1S(=O)(=O)N(CCCBr)C1CCC1. The van der Waals surface area contributed by atoms with Crippen molar-refractivity contribution < 1.29 is 8.42 Å². The van der Waals surface area contributed by atoms with Gasteiger partial charge in [0.1, 0.15) is 0 Å². The molecule has 0 bridgehead atoms. The van der Waals surface area contributed by atoms with Crippen LogP contribution in [0.1, 0.15) is 30.6 Å². The van der Waals surface area contributed by atoms with Crippen LogP contribution < -0.4 is 0 Å². The minimum atomic E-state index is -3.35. The van der Waals surface area contributed by atoms with Gasteiger partial charge in [-0.25, -0.2) is 8.42 Å². The molecular formula is C12H17Br2NO2S2. The van der Waals surface area contributed by atoms with Crippen molar-refractivity contribution in [1.82, 2.24) is 4.31 Å². The van der Waals surface area contributed by atoms with Crippen LogP contribution in [0, 0.1) is 6.92 Å². The van der Waals surface area contributed by atoms with Gasteiger partial charge in [-0.2, -0.15) is 4.31 Å². The van der Waals surface area contributed by atoms with E-state index in [4.69, 9.17) is 0 Å². The summed E-state index contributed by atoms with van der Waals surface area (Å²) in [7, 11) is -3.35. The van der Waals surface area contributed by atoms with E-state index in [1.165, 1.54) is 11.3 Å². The molecule has 0 aliphatic heterocycles. The summed E-state index contributed by atoms with van der Waals surface area (Å²) in [5, 5.41) is 0.831. The van der Waals surface area contributed by atoms with E-state index in [0.29, 0.717) is 11.4 Å². The zero-order valence-corrected chi connectivity index (χ0v) is 15.5. The minimum Gasteiger partial charge on any atom is -0.207 e. The highest BCUT2D eigenvalue weighted by atomic mass is 79.9. The van der Waals surface area contributed by atoms with Crippen molar-refractivity contribution in [2.24, 2.45) is 0 Å². The second-order valence-electron chi connectivity index (χ2n) is 4.71. The Morgan fingerprint density at radius 1 is 1.47 bits per heavy atom. The summed E-state index contributed by atoms with van der Waals surface area (Å²) >= 11 is 8.23. The van der Waals surface area contributed by atoms with Gasteiger partial charge in [-0.15, -0.1) is 11.3 Å². The molecule has 19 heavy (non-hydrogen) atoms. The third-order valence-electron chi connectivity index (χ3n) is 3.42. The van der Waals surface area contributed by atoms with E-state index in [2.05, 4.69) is 31.9 Å². The van der Waals surface area contributed by atoms with Crippen LogP contribution in [-0.2, 0) is 10.0 Å². The molecular weight excluding hydrogens is 414 g/mol. The lowest BCUT2D eigenvalue weighted by molar-refractivity contribution is 0.220. The van der Waals surface area contributed by atoms with Crippen LogP contribution in [-0.4, -0.2) is 30.6 Å². The number of hydrogen-bond donors (Lipinski definition) is 0. The quantitative estimate of drug-likeness (QED) is 0.635. The number of rotatable bonds is 6. The van der Waals surface area contributed by atoms with Gasteiger partial charge in [-0.1, -0.05) is 22.4 Å². The number of thiophene rings is 1. The molecule has 0 saturated heterocycles. The van der Waals surface area contributed by atoms with Crippen LogP contribution in [0.2, 0.25) is 0 Å². The van der Waals surface area contributed by atoms with E-state index in [0.717, 1.165) is 39.7 Å². The maximum absolute atomic E-state index is 12.8. The van der Waals surface area contributed by atoms with Crippen molar-refractivity contribution in [3.63, 3.8) is 0 Å². The Kier molecular flexibility index (Phi) is 5.50. The highest BCUT2D eigenvalue weighted by molar-refractivity contribution is 9.11. The molecule has 1 aliphatic carbocycles. The predicted molar refractivity (Wildman–Crippen MR) is 86.7 cm³/mol. The van der Waals surface area contributed by atoms with Gasteiger partial charge in [0.2, 0.25) is 10.0 Å². The number of halogens is 2. The van der Waals surface area contributed by atoms with Gasteiger partial charge in [-0.3, -0.25) is 0 Å². The fourth-order valence-electron chi connectivity index (χ4n) is 2.20. The van der Waals surface area contributed by atoms with E-state index < -0.39 is 10.0 Å². The summed E-state index contributed by atoms with van der Waals surface area (Å²) in [6.45, 7) is 2.47. The average Bonchev–Trinajstić information content (AvgIpc) is 2.61. The van der Waals surface area contributed by atoms with Crippen LogP contribution in [0.4, 0.5) is 0 Å². The number of sulfonamides is 1. The van der Waals surface area contributed by atoms with Crippen molar-refractivity contribution in [3.05, 3.63) is 14.7 Å². The van der Waals surface area contributed by atoms with Crippen molar-refractivity contribution in [2.75, 3.05) is 11.9 Å². The molecule has 108 valence electrons. The number of aryl methyl sites for hydroxylation is 1. The molecule has 0 radical (unpaired) electrons. The molecule has 1 fully saturated rings. The lowest BCUT2D eigenvalue weighted by Gasteiger charge is -2.36. The highest BCUT2D eigenvalue weighted by Gasteiger charge is 2.35. The third-order valence-corrected chi connectivity index (χ3v) is 7.74. The van der Waals surface area contributed by atoms with Crippen molar-refractivity contribution >= 4 is 53.2 Å². The van der Waals surface area contributed by atoms with E-state index in [-0.39, 0.29) is 6.04 Å². The van der Waals surface area contributed by atoms with Gasteiger partial charge in [0.15, 0.2) is 0 Å². The molecule has 1 saturated carbocycles. The van der Waals surface area contributed by atoms with Gasteiger partial charge in [-0.05, 0) is 48.2 Å². The van der Waals surface area contributed by atoms with E-state index in [1.807, 2.05) is 6.92 Å². The van der Waals surface area contributed by atoms with Crippen LogP contribution in [0.15, 0.2) is 14.7 Å². The smallest absolute Gasteiger partial charge is 0.207 e. The van der Waals surface area contributed by atoms with Crippen molar-refractivity contribution in [3.8, 4) is 0 Å². The highest BCUT2D eigenvalue weighted by Crippen LogP contribution is 2.35. The lowest BCUT2D eigenvalue weighted by Crippen LogP contribution is -2.44. The fraction of sp³-hybridized carbons (Fsp3) is 0.667. The molecule has 0 unspecified atom stereocenters. The van der Waals surface area contributed by atoms with E-state index in [9.17, 15) is 8.42 Å². The number of nitrogens with zero attached hydrogens (tertiary/aromatic N) is 1. The van der Waals surface area contributed by atoms with Gasteiger partial charge < -0.3 is 0 Å². The first kappa shape index (κ1) is 15.9. The standard InChI is InChI=1S/C12H17Br2NO2S2/c1-9-11(8-12(14)18-9)19(16,17)15(7-3-6-13)10-4-2-5-10/h8,10H,2-7H2,1H3. The summed E-state index contributed by atoms with van der Waals surface area (Å²) in [4.78, 5) is 1.32. The maximum Gasteiger partial charge on any atom is 0.244 e.